The zero-order valence-corrected chi connectivity index (χ0v) is 6.46. The molecule has 0 amide bonds. The number of hydrogen-bond acceptors (Lipinski definition) is 5. The third-order valence-electron chi connectivity index (χ3n) is 0.887. The predicted octanol–water partition coefficient (Wildman–Crippen LogP) is -0.0223. The second-order valence-corrected chi connectivity index (χ2v) is 3.05. The normalized spacial score (nSPS) is 11.4. The van der Waals surface area contributed by atoms with Crippen LogP contribution in [-0.4, -0.2) is 20.7 Å². The molecule has 0 aliphatic rings. The molecule has 0 aliphatic heterocycles. The number of nitrogens with one attached hydrogen (secondary N) is 1. The first-order valence-corrected chi connectivity index (χ1v) is 4.03. The fraction of sp³-hybridized carbons (Fsp3) is 0.250. The van der Waals surface area contributed by atoms with E-state index in [1.807, 2.05) is 4.72 Å². The highest BCUT2D eigenvalue weighted by Gasteiger charge is 2.08. The summed E-state index contributed by atoms with van der Waals surface area (Å²) in [6.45, 7) is 0. The lowest BCUT2D eigenvalue weighted by Gasteiger charge is -1.98. The van der Waals surface area contributed by atoms with E-state index < -0.39 is 10.3 Å². The average Bonchev–Trinajstić information content (AvgIpc) is 2.39. The third kappa shape index (κ3) is 2.20. The Bertz CT molecular complexity index is 303. The van der Waals surface area contributed by atoms with Crippen molar-refractivity contribution in [3.63, 3.8) is 0 Å². The first-order chi connectivity index (χ1) is 5.14. The van der Waals surface area contributed by atoms with Crippen molar-refractivity contribution >= 4 is 16.1 Å². The van der Waals surface area contributed by atoms with Crippen LogP contribution in [0.3, 0.4) is 0 Å². The third-order valence-corrected chi connectivity index (χ3v) is 1.78. The quantitative estimate of drug-likeness (QED) is 0.703. The lowest BCUT2D eigenvalue weighted by Crippen LogP contribution is -2.13. The smallest absolute Gasteiger partial charge is 0.360 e. The zero-order chi connectivity index (χ0) is 8.32. The van der Waals surface area contributed by atoms with Gasteiger partial charge in [-0.3, -0.25) is 4.18 Å². The van der Waals surface area contributed by atoms with E-state index in [1.54, 1.807) is 0 Å². The fourth-order valence-corrected chi connectivity index (χ4v) is 0.880. The van der Waals surface area contributed by atoms with E-state index in [4.69, 9.17) is 0 Å². The van der Waals surface area contributed by atoms with Crippen molar-refractivity contribution in [2.45, 2.75) is 0 Å². The van der Waals surface area contributed by atoms with Gasteiger partial charge in [-0.2, -0.15) is 8.42 Å². The molecule has 6 nitrogen and oxygen atoms in total. The number of anilines is 1. The van der Waals surface area contributed by atoms with Crippen LogP contribution in [0.1, 0.15) is 0 Å². The standard InChI is InChI=1S/C4H6N2O4S/c1-9-11(7,8)6-4-2-3-10-5-4/h2-3H,1H3,(H,5,6). The molecule has 62 valence electrons. The van der Waals surface area contributed by atoms with E-state index in [2.05, 4.69) is 13.9 Å². The molecule has 0 spiro atoms. The molecule has 0 aliphatic carbocycles. The molecule has 1 aromatic rings. The number of rotatable bonds is 3. The Kier molecular flexibility index (Phi) is 2.11. The minimum Gasteiger partial charge on any atom is -0.363 e. The minimum absolute atomic E-state index is 0.0897. The molecule has 0 saturated carbocycles. The van der Waals surface area contributed by atoms with E-state index in [-0.39, 0.29) is 5.82 Å². The van der Waals surface area contributed by atoms with Crippen molar-refractivity contribution in [1.29, 1.82) is 0 Å². The van der Waals surface area contributed by atoms with Gasteiger partial charge in [-0.15, -0.1) is 0 Å². The zero-order valence-electron chi connectivity index (χ0n) is 5.64. The Labute approximate surface area is 63.4 Å². The molecular weight excluding hydrogens is 172 g/mol. The lowest BCUT2D eigenvalue weighted by atomic mass is 10.7. The first-order valence-electron chi connectivity index (χ1n) is 2.63. The van der Waals surface area contributed by atoms with Gasteiger partial charge in [0.1, 0.15) is 6.26 Å². The van der Waals surface area contributed by atoms with Gasteiger partial charge in [-0.1, -0.05) is 5.16 Å². The van der Waals surface area contributed by atoms with Crippen molar-refractivity contribution in [2.75, 3.05) is 11.8 Å². The van der Waals surface area contributed by atoms with Gasteiger partial charge in [-0.05, 0) is 0 Å². The van der Waals surface area contributed by atoms with E-state index >= 15 is 0 Å². The highest BCUT2D eigenvalue weighted by Crippen LogP contribution is 2.03. The molecule has 0 unspecified atom stereocenters. The van der Waals surface area contributed by atoms with Crippen LogP contribution in [0, 0.1) is 0 Å². The maximum atomic E-state index is 10.7. The van der Waals surface area contributed by atoms with Crippen LogP contribution < -0.4 is 4.72 Å². The van der Waals surface area contributed by atoms with Gasteiger partial charge >= 0.3 is 10.3 Å². The van der Waals surface area contributed by atoms with Gasteiger partial charge < -0.3 is 4.52 Å². The molecule has 0 aromatic carbocycles. The summed E-state index contributed by atoms with van der Waals surface area (Å²) in [6, 6.07) is 1.36. The second-order valence-electron chi connectivity index (χ2n) is 1.61. The Morgan fingerprint density at radius 2 is 2.45 bits per heavy atom. The summed E-state index contributed by atoms with van der Waals surface area (Å²) >= 11 is 0. The summed E-state index contributed by atoms with van der Waals surface area (Å²) in [5.41, 5.74) is 0. The molecule has 0 saturated heterocycles. The van der Waals surface area contributed by atoms with Crippen molar-refractivity contribution in [1.82, 2.24) is 5.16 Å². The summed E-state index contributed by atoms with van der Waals surface area (Å²) < 4.78 is 31.8. The molecule has 0 atom stereocenters. The largest absolute Gasteiger partial charge is 0.363 e. The Balaban J connectivity index is 2.72. The van der Waals surface area contributed by atoms with Gasteiger partial charge in [0.05, 0.1) is 7.11 Å². The first kappa shape index (κ1) is 8.02. The molecule has 1 heterocycles. The molecule has 1 N–H and O–H groups in total. The summed E-state index contributed by atoms with van der Waals surface area (Å²) in [6.07, 6.45) is 1.24. The molecule has 11 heavy (non-hydrogen) atoms. The Morgan fingerprint density at radius 1 is 1.73 bits per heavy atom. The molecule has 0 fully saturated rings. The van der Waals surface area contributed by atoms with Crippen LogP contribution in [-0.2, 0) is 14.5 Å². The van der Waals surface area contributed by atoms with Gasteiger partial charge in [0.2, 0.25) is 0 Å². The van der Waals surface area contributed by atoms with Crippen molar-refractivity contribution in [3.8, 4) is 0 Å². The predicted molar refractivity (Wildman–Crippen MR) is 36.1 cm³/mol. The Hall–Kier alpha value is -1.08. The molecular formula is C4H6N2O4S. The van der Waals surface area contributed by atoms with Crippen molar-refractivity contribution in [3.05, 3.63) is 12.3 Å². The molecule has 0 bridgehead atoms. The van der Waals surface area contributed by atoms with Crippen molar-refractivity contribution < 1.29 is 17.1 Å². The van der Waals surface area contributed by atoms with Crippen molar-refractivity contribution in [2.24, 2.45) is 0 Å². The molecule has 1 aromatic heterocycles. The van der Waals surface area contributed by atoms with Crippen LogP contribution in [0.4, 0.5) is 5.82 Å². The molecule has 7 heteroatoms. The summed E-state index contributed by atoms with van der Waals surface area (Å²) in [5, 5.41) is 3.30. The number of aromatic nitrogens is 1. The van der Waals surface area contributed by atoms with E-state index in [9.17, 15) is 8.42 Å². The van der Waals surface area contributed by atoms with Gasteiger partial charge in [0.15, 0.2) is 5.82 Å². The lowest BCUT2D eigenvalue weighted by molar-refractivity contribution is 0.400. The van der Waals surface area contributed by atoms with Gasteiger partial charge in [0, 0.05) is 6.07 Å². The summed E-state index contributed by atoms with van der Waals surface area (Å²) in [7, 11) is -2.67. The SMILES string of the molecule is COS(=O)(=O)Nc1ccon1. The maximum Gasteiger partial charge on any atom is 0.360 e. The van der Waals surface area contributed by atoms with Crippen LogP contribution in [0.5, 0.6) is 0 Å². The second kappa shape index (κ2) is 2.89. The Morgan fingerprint density at radius 3 is 2.91 bits per heavy atom. The molecule has 1 rings (SSSR count). The fourth-order valence-electron chi connectivity index (χ4n) is 0.435. The minimum atomic E-state index is -3.71. The van der Waals surface area contributed by atoms with E-state index in [0.29, 0.717) is 0 Å². The van der Waals surface area contributed by atoms with Crippen LogP contribution >= 0.6 is 0 Å². The topological polar surface area (TPSA) is 81.4 Å². The van der Waals surface area contributed by atoms with E-state index in [0.717, 1.165) is 7.11 Å². The number of nitrogens with zero attached hydrogens (tertiary/aromatic N) is 1. The monoisotopic (exact) mass is 178 g/mol. The highest BCUT2D eigenvalue weighted by atomic mass is 32.2. The van der Waals surface area contributed by atoms with E-state index in [1.165, 1.54) is 12.3 Å². The van der Waals surface area contributed by atoms with Gasteiger partial charge in [-0.25, -0.2) is 4.72 Å². The van der Waals surface area contributed by atoms with Crippen LogP contribution in [0.2, 0.25) is 0 Å². The van der Waals surface area contributed by atoms with Gasteiger partial charge in [0.25, 0.3) is 0 Å². The molecule has 0 radical (unpaired) electrons. The number of hydrogen-bond donors (Lipinski definition) is 1. The van der Waals surface area contributed by atoms with Crippen LogP contribution in [0.15, 0.2) is 16.9 Å². The summed E-state index contributed by atoms with van der Waals surface area (Å²) in [5.74, 6) is 0.0897. The van der Waals surface area contributed by atoms with Crippen LogP contribution in [0.25, 0.3) is 0 Å². The highest BCUT2D eigenvalue weighted by molar-refractivity contribution is 7.88. The summed E-state index contributed by atoms with van der Waals surface area (Å²) in [4.78, 5) is 0. The average molecular weight is 178 g/mol. The maximum absolute atomic E-state index is 10.7.